The molecule has 1 aromatic rings. The van der Waals surface area contributed by atoms with Crippen molar-refractivity contribution in [2.75, 3.05) is 32.1 Å². The molecule has 4 nitrogen and oxygen atoms in total. The molecule has 0 amide bonds. The van der Waals surface area contributed by atoms with E-state index in [-0.39, 0.29) is 17.0 Å². The maximum atomic E-state index is 12.7. The van der Waals surface area contributed by atoms with Crippen molar-refractivity contribution in [2.24, 2.45) is 0 Å². The van der Waals surface area contributed by atoms with E-state index in [1.54, 1.807) is 4.90 Å². The zero-order valence-corrected chi connectivity index (χ0v) is 12.6. The standard InChI is InChI=1S/C12H18ClF3N4/c1-5-20(8(2)7-19(3)4)10-6-9(13)17-11(18-10)12(14,15)16/h6,8H,5,7H2,1-4H3. The minimum atomic E-state index is -4.61. The third-order valence-electron chi connectivity index (χ3n) is 2.73. The summed E-state index contributed by atoms with van der Waals surface area (Å²) in [5.41, 5.74) is 0. The lowest BCUT2D eigenvalue weighted by Gasteiger charge is -2.31. The number of hydrogen-bond donors (Lipinski definition) is 0. The SMILES string of the molecule is CCN(c1cc(Cl)nc(C(F)(F)F)n1)C(C)CN(C)C. The van der Waals surface area contributed by atoms with Gasteiger partial charge in [0.05, 0.1) is 0 Å². The van der Waals surface area contributed by atoms with E-state index in [0.717, 1.165) is 0 Å². The van der Waals surface area contributed by atoms with E-state index in [0.29, 0.717) is 13.1 Å². The summed E-state index contributed by atoms with van der Waals surface area (Å²) in [7, 11) is 3.80. The van der Waals surface area contributed by atoms with Crippen LogP contribution < -0.4 is 4.90 Å². The van der Waals surface area contributed by atoms with Crippen LogP contribution in [0.3, 0.4) is 0 Å². The zero-order chi connectivity index (χ0) is 15.5. The summed E-state index contributed by atoms with van der Waals surface area (Å²) in [6.07, 6.45) is -4.61. The molecule has 0 aliphatic rings. The Morgan fingerprint density at radius 1 is 1.30 bits per heavy atom. The molecule has 0 aliphatic carbocycles. The molecule has 1 unspecified atom stereocenters. The van der Waals surface area contributed by atoms with Gasteiger partial charge in [0.1, 0.15) is 11.0 Å². The van der Waals surface area contributed by atoms with Crippen molar-refractivity contribution >= 4 is 17.4 Å². The average molecular weight is 311 g/mol. The molecule has 0 aromatic carbocycles. The van der Waals surface area contributed by atoms with Crippen LogP contribution in [0.4, 0.5) is 19.0 Å². The first-order valence-corrected chi connectivity index (χ1v) is 6.56. The van der Waals surface area contributed by atoms with Gasteiger partial charge in [0.15, 0.2) is 0 Å². The van der Waals surface area contributed by atoms with Gasteiger partial charge in [-0.2, -0.15) is 13.2 Å². The molecule has 0 saturated heterocycles. The fourth-order valence-corrected chi connectivity index (χ4v) is 2.18. The van der Waals surface area contributed by atoms with Crippen molar-refractivity contribution in [2.45, 2.75) is 26.1 Å². The number of halogens is 4. The normalized spacial score (nSPS) is 13.7. The summed E-state index contributed by atoms with van der Waals surface area (Å²) in [6.45, 7) is 5.00. The quantitative estimate of drug-likeness (QED) is 0.783. The first-order chi connectivity index (χ1) is 9.15. The predicted molar refractivity (Wildman–Crippen MR) is 73.1 cm³/mol. The number of anilines is 1. The zero-order valence-electron chi connectivity index (χ0n) is 11.9. The Balaban J connectivity index is 3.12. The van der Waals surface area contributed by atoms with Gasteiger partial charge in [-0.3, -0.25) is 0 Å². The fourth-order valence-electron chi connectivity index (χ4n) is 2.01. The highest BCUT2D eigenvalue weighted by Crippen LogP contribution is 2.29. The van der Waals surface area contributed by atoms with Crippen LogP contribution in [0.25, 0.3) is 0 Å². The Morgan fingerprint density at radius 2 is 1.90 bits per heavy atom. The van der Waals surface area contributed by atoms with Gasteiger partial charge in [-0.05, 0) is 27.9 Å². The van der Waals surface area contributed by atoms with Gasteiger partial charge in [0, 0.05) is 25.2 Å². The third-order valence-corrected chi connectivity index (χ3v) is 2.92. The molecule has 0 bridgehead atoms. The highest BCUT2D eigenvalue weighted by atomic mass is 35.5. The third kappa shape index (κ3) is 4.49. The van der Waals surface area contributed by atoms with Crippen LogP contribution in [-0.4, -0.2) is 48.1 Å². The van der Waals surface area contributed by atoms with Gasteiger partial charge in [-0.15, -0.1) is 0 Å². The van der Waals surface area contributed by atoms with Crippen LogP contribution in [0.5, 0.6) is 0 Å². The van der Waals surface area contributed by atoms with Gasteiger partial charge in [-0.25, -0.2) is 9.97 Å². The molecule has 1 heterocycles. The highest BCUT2D eigenvalue weighted by Gasteiger charge is 2.36. The minimum Gasteiger partial charge on any atom is -0.353 e. The van der Waals surface area contributed by atoms with E-state index < -0.39 is 12.0 Å². The first-order valence-electron chi connectivity index (χ1n) is 6.18. The maximum Gasteiger partial charge on any atom is 0.451 e. The summed E-state index contributed by atoms with van der Waals surface area (Å²) in [5.74, 6) is -1.02. The number of hydrogen-bond acceptors (Lipinski definition) is 4. The van der Waals surface area contributed by atoms with Crippen LogP contribution in [0.2, 0.25) is 5.15 Å². The lowest BCUT2D eigenvalue weighted by molar-refractivity contribution is -0.144. The highest BCUT2D eigenvalue weighted by molar-refractivity contribution is 6.29. The van der Waals surface area contributed by atoms with Crippen LogP contribution >= 0.6 is 11.6 Å². The van der Waals surface area contributed by atoms with Crippen molar-refractivity contribution in [1.82, 2.24) is 14.9 Å². The van der Waals surface area contributed by atoms with Crippen molar-refractivity contribution in [3.8, 4) is 0 Å². The van der Waals surface area contributed by atoms with Gasteiger partial charge >= 0.3 is 6.18 Å². The Bertz CT molecular complexity index is 451. The molecule has 0 radical (unpaired) electrons. The molecule has 1 atom stereocenters. The Labute approximate surface area is 121 Å². The average Bonchev–Trinajstić information content (AvgIpc) is 2.26. The molecular formula is C12H18ClF3N4. The second-order valence-electron chi connectivity index (χ2n) is 4.77. The molecule has 0 spiro atoms. The number of likely N-dealkylation sites (N-methyl/N-ethyl adjacent to an activating group) is 2. The molecule has 1 aromatic heterocycles. The number of alkyl halides is 3. The predicted octanol–water partition coefficient (Wildman–Crippen LogP) is 2.93. The van der Waals surface area contributed by atoms with E-state index in [1.807, 2.05) is 32.8 Å². The van der Waals surface area contributed by atoms with Crippen LogP contribution in [0.15, 0.2) is 6.07 Å². The maximum absolute atomic E-state index is 12.7. The Morgan fingerprint density at radius 3 is 2.35 bits per heavy atom. The lowest BCUT2D eigenvalue weighted by atomic mass is 10.2. The number of nitrogens with zero attached hydrogens (tertiary/aromatic N) is 4. The minimum absolute atomic E-state index is 0.00190. The van der Waals surface area contributed by atoms with E-state index in [1.165, 1.54) is 6.07 Å². The second kappa shape index (κ2) is 6.58. The first kappa shape index (κ1) is 17.0. The molecule has 0 saturated carbocycles. The molecule has 114 valence electrons. The molecule has 0 N–H and O–H groups in total. The number of rotatable bonds is 5. The summed E-state index contributed by atoms with van der Waals surface area (Å²) in [5, 5.41) is -0.210. The van der Waals surface area contributed by atoms with E-state index in [9.17, 15) is 13.2 Å². The number of aromatic nitrogens is 2. The van der Waals surface area contributed by atoms with Crippen molar-refractivity contribution in [1.29, 1.82) is 0 Å². The Kier molecular flexibility index (Phi) is 5.59. The summed E-state index contributed by atoms with van der Waals surface area (Å²) in [4.78, 5) is 10.6. The van der Waals surface area contributed by atoms with Crippen LogP contribution in [0.1, 0.15) is 19.7 Å². The lowest BCUT2D eigenvalue weighted by Crippen LogP contribution is -2.40. The molecule has 8 heteroatoms. The largest absolute Gasteiger partial charge is 0.451 e. The molecule has 0 aliphatic heterocycles. The van der Waals surface area contributed by atoms with Crippen molar-refractivity contribution < 1.29 is 13.2 Å². The summed E-state index contributed by atoms with van der Waals surface area (Å²) >= 11 is 5.68. The topological polar surface area (TPSA) is 32.3 Å². The van der Waals surface area contributed by atoms with Gasteiger partial charge in [0.2, 0.25) is 5.82 Å². The molecule has 0 fully saturated rings. The second-order valence-corrected chi connectivity index (χ2v) is 5.15. The smallest absolute Gasteiger partial charge is 0.353 e. The Hall–Kier alpha value is -1.08. The fraction of sp³-hybridized carbons (Fsp3) is 0.667. The van der Waals surface area contributed by atoms with Gasteiger partial charge < -0.3 is 9.80 Å². The van der Waals surface area contributed by atoms with E-state index in [4.69, 9.17) is 11.6 Å². The molecular weight excluding hydrogens is 293 g/mol. The molecule has 20 heavy (non-hydrogen) atoms. The summed E-state index contributed by atoms with van der Waals surface area (Å²) < 4.78 is 38.1. The van der Waals surface area contributed by atoms with Crippen LogP contribution in [0, 0.1) is 0 Å². The van der Waals surface area contributed by atoms with Gasteiger partial charge in [0.25, 0.3) is 0 Å². The van der Waals surface area contributed by atoms with Crippen LogP contribution in [-0.2, 0) is 6.18 Å². The van der Waals surface area contributed by atoms with Gasteiger partial charge in [-0.1, -0.05) is 11.6 Å². The van der Waals surface area contributed by atoms with Crippen molar-refractivity contribution in [3.05, 3.63) is 17.0 Å². The van der Waals surface area contributed by atoms with E-state index >= 15 is 0 Å². The summed E-state index contributed by atoms with van der Waals surface area (Å²) in [6, 6.07) is 1.36. The molecule has 1 rings (SSSR count). The van der Waals surface area contributed by atoms with Crippen molar-refractivity contribution in [3.63, 3.8) is 0 Å². The van der Waals surface area contributed by atoms with E-state index in [2.05, 4.69) is 9.97 Å². The monoisotopic (exact) mass is 310 g/mol.